The smallest absolute Gasteiger partial charge is 0.257 e. The van der Waals surface area contributed by atoms with Gasteiger partial charge in [-0.15, -0.1) is 0 Å². The lowest BCUT2D eigenvalue weighted by Gasteiger charge is -2.28. The molecule has 4 amide bonds. The number of rotatable bonds is 20. The highest BCUT2D eigenvalue weighted by Crippen LogP contribution is 2.35. The molecule has 0 radical (unpaired) electrons. The third-order valence-corrected chi connectivity index (χ3v) is 27.9. The molecule has 0 heterocycles. The summed E-state index contributed by atoms with van der Waals surface area (Å²) in [7, 11) is -17.3. The quantitative estimate of drug-likeness (QED) is 0.0315. The van der Waals surface area contributed by atoms with Crippen molar-refractivity contribution >= 4 is 176 Å². The van der Waals surface area contributed by atoms with E-state index in [9.17, 15) is 113 Å². The molecule has 4 saturated carbocycles. The summed E-state index contributed by atoms with van der Waals surface area (Å²) in [5, 5.41) is 47.2. The first-order valence-electron chi connectivity index (χ1n) is 36.1. The minimum Gasteiger partial charge on any atom is -0.393 e. The minimum absolute atomic E-state index is 0.0948. The van der Waals surface area contributed by atoms with Gasteiger partial charge in [0.1, 0.15) is 60.3 Å². The third kappa shape index (κ3) is 26.0. The molecule has 8 aromatic carbocycles. The van der Waals surface area contributed by atoms with Crippen LogP contribution in [0.2, 0.25) is 25.1 Å². The number of anilines is 4. The SMILES string of the molecule is O=C(Nc1ccc(F)c(Br)c1)c1cc(S(=O)(=O)NC2CCC(O)CC2)c(F)cc1Cl.O=C(Nc1ccc(F)c(Br)c1)c1cc(S(=O)(=O)NC2CCCCC2O)c(F)cc1Cl.O=C(Nc1ccc(F)c(Cl)c1)c1cc(S(=O)(=O)NC2CCCCC2O)c(F)cc1Cl.O=C(Nc1ccc(F)c(F)c1)c1cc(S(=O)(=O)NC2CCC(O)CC2)c(F)cc1Cl. The molecule has 12 N–H and O–H groups in total. The molecule has 44 heteroatoms. The molecule has 4 aliphatic carbocycles. The second-order valence-corrected chi connectivity index (χ2v) is 38.3. The number of sulfonamides is 4. The van der Waals surface area contributed by atoms with Crippen molar-refractivity contribution in [3.8, 4) is 0 Å². The second kappa shape index (κ2) is 42.1. The molecule has 120 heavy (non-hydrogen) atoms. The van der Waals surface area contributed by atoms with E-state index in [1.165, 1.54) is 30.3 Å². The van der Waals surface area contributed by atoms with Crippen LogP contribution < -0.4 is 40.2 Å². The van der Waals surface area contributed by atoms with Crippen LogP contribution in [-0.2, 0) is 40.1 Å². The van der Waals surface area contributed by atoms with Gasteiger partial charge in [-0.25, -0.2) is 92.1 Å². The number of halogens is 16. The summed E-state index contributed by atoms with van der Waals surface area (Å²) in [4.78, 5) is 47.2. The summed E-state index contributed by atoms with van der Waals surface area (Å²) in [5.74, 6) is -11.9. The van der Waals surface area contributed by atoms with E-state index in [0.29, 0.717) is 83.1 Å². The molecule has 12 rings (SSSR count). The fraction of sp³-hybridized carbons (Fsp3) is 0.316. The molecule has 4 aliphatic rings. The van der Waals surface area contributed by atoms with Crippen molar-refractivity contribution in [3.05, 3.63) is 230 Å². The predicted octanol–water partition coefficient (Wildman–Crippen LogP) is 16.1. The van der Waals surface area contributed by atoms with Crippen molar-refractivity contribution in [2.45, 2.75) is 171 Å². The molecule has 0 aromatic heterocycles. The Morgan fingerprint density at radius 1 is 0.300 bits per heavy atom. The van der Waals surface area contributed by atoms with Crippen LogP contribution in [0.25, 0.3) is 0 Å². The summed E-state index contributed by atoms with van der Waals surface area (Å²) >= 11 is 35.4. The molecular weight excluding hydrogens is 1920 g/mol. The fourth-order valence-corrected chi connectivity index (χ4v) is 20.1. The fourth-order valence-electron chi connectivity index (χ4n) is 12.7. The molecule has 0 aliphatic heterocycles. The van der Waals surface area contributed by atoms with Crippen molar-refractivity contribution in [1.82, 2.24) is 18.9 Å². The zero-order valence-electron chi connectivity index (χ0n) is 61.8. The van der Waals surface area contributed by atoms with Gasteiger partial charge in [0, 0.05) is 53.0 Å². The summed E-state index contributed by atoms with van der Waals surface area (Å²) in [6.07, 6.45) is 5.31. The summed E-state index contributed by atoms with van der Waals surface area (Å²) < 4.78 is 235. The van der Waals surface area contributed by atoms with Gasteiger partial charge in [0.25, 0.3) is 23.6 Å². The maximum atomic E-state index is 14.4. The zero-order valence-corrected chi connectivity index (χ0v) is 72.1. The van der Waals surface area contributed by atoms with Gasteiger partial charge in [-0.1, -0.05) is 83.7 Å². The van der Waals surface area contributed by atoms with E-state index in [-0.39, 0.29) is 79.1 Å². The molecule has 4 atom stereocenters. The van der Waals surface area contributed by atoms with E-state index in [0.717, 1.165) is 111 Å². The average molecular weight is 1990 g/mol. The van der Waals surface area contributed by atoms with E-state index in [1.807, 2.05) is 0 Å². The molecular formula is C76H72Br2Cl5F9N8O16S4. The Labute approximate surface area is 724 Å². The molecule has 4 unspecified atom stereocenters. The number of benzene rings is 8. The molecule has 648 valence electrons. The number of hydrogen-bond acceptors (Lipinski definition) is 16. The average Bonchev–Trinajstić information content (AvgIpc) is 0.798. The molecule has 0 bridgehead atoms. The van der Waals surface area contributed by atoms with Gasteiger partial charge < -0.3 is 41.7 Å². The van der Waals surface area contributed by atoms with Gasteiger partial charge >= 0.3 is 0 Å². The molecule has 8 aromatic rings. The highest BCUT2D eigenvalue weighted by molar-refractivity contribution is 9.10. The molecule has 0 spiro atoms. The van der Waals surface area contributed by atoms with Crippen molar-refractivity contribution in [3.63, 3.8) is 0 Å². The van der Waals surface area contributed by atoms with E-state index in [1.54, 1.807) is 0 Å². The van der Waals surface area contributed by atoms with Crippen LogP contribution in [0.1, 0.15) is 144 Å². The van der Waals surface area contributed by atoms with Crippen LogP contribution in [0.3, 0.4) is 0 Å². The topological polar surface area (TPSA) is 382 Å². The highest BCUT2D eigenvalue weighted by atomic mass is 79.9. The first-order chi connectivity index (χ1) is 56.3. The lowest BCUT2D eigenvalue weighted by Crippen LogP contribution is -2.45. The van der Waals surface area contributed by atoms with Crippen LogP contribution in [0.5, 0.6) is 0 Å². The Hall–Kier alpha value is -7.10. The summed E-state index contributed by atoms with van der Waals surface area (Å²) in [6, 6.07) is 17.4. The Morgan fingerprint density at radius 3 is 0.850 bits per heavy atom. The van der Waals surface area contributed by atoms with E-state index in [4.69, 9.17) is 58.0 Å². The number of carbonyl (C=O) groups excluding carboxylic acids is 4. The normalized spacial score (nSPS) is 19.5. The highest BCUT2D eigenvalue weighted by Gasteiger charge is 2.36. The van der Waals surface area contributed by atoms with Crippen molar-refractivity contribution < 1.29 is 113 Å². The van der Waals surface area contributed by atoms with Crippen LogP contribution in [-0.4, -0.2) is 126 Å². The first-order valence-corrected chi connectivity index (χ1v) is 45.5. The molecule has 0 saturated heterocycles. The number of nitrogens with one attached hydrogen (secondary N) is 8. The van der Waals surface area contributed by atoms with Gasteiger partial charge in [-0.2, -0.15) is 0 Å². The first kappa shape index (κ1) is 96.7. The number of amides is 4. The van der Waals surface area contributed by atoms with Crippen molar-refractivity contribution in [2.75, 3.05) is 21.3 Å². The van der Waals surface area contributed by atoms with Crippen molar-refractivity contribution in [1.29, 1.82) is 0 Å². The molecule has 24 nitrogen and oxygen atoms in total. The van der Waals surface area contributed by atoms with Gasteiger partial charge in [0.2, 0.25) is 40.1 Å². The van der Waals surface area contributed by atoms with Gasteiger partial charge in [0.05, 0.1) is 80.7 Å². The number of aliphatic hydroxyl groups excluding tert-OH is 4. The summed E-state index contributed by atoms with van der Waals surface area (Å²) in [5.41, 5.74) is -0.688. The Morgan fingerprint density at radius 2 is 0.567 bits per heavy atom. The monoisotopic (exact) mass is 1980 g/mol. The third-order valence-electron chi connectivity index (χ3n) is 19.0. The van der Waals surface area contributed by atoms with Gasteiger partial charge in [0.15, 0.2) is 11.6 Å². The predicted molar refractivity (Wildman–Crippen MR) is 438 cm³/mol. The van der Waals surface area contributed by atoms with Gasteiger partial charge in [-0.05, 0) is 224 Å². The van der Waals surface area contributed by atoms with E-state index >= 15 is 0 Å². The number of carbonyl (C=O) groups is 4. The lowest BCUT2D eigenvalue weighted by molar-refractivity contribution is 0.101. The van der Waals surface area contributed by atoms with Crippen molar-refractivity contribution in [2.24, 2.45) is 0 Å². The van der Waals surface area contributed by atoms with Gasteiger partial charge in [-0.3, -0.25) is 19.2 Å². The standard InChI is InChI=1S/2C19H18BrClF2N2O4S.C19H18Cl2F2N2O4S.C19H18ClF3N2O4S/c20-14-7-11(3-6-16(14)22)24-19(27)13-8-18(17(23)9-15(13)21)30(28,29)25-10-1-4-12(26)5-2-10;20-12-7-10(5-6-14(12)22)24-19(27)11-8-18(15(23)9-13(11)21)30(28,29)25-16-3-1-2-4-17(16)26;20-12-9-15(23)18(30(28,29)25-16-3-1-2-4-17(16)26)8-11(12)19(27)24-10-5-6-14(22)13(21)7-10;20-14-9-17(23)18(30(28,29)25-10-1-4-12(26)5-2-10)8-13(14)19(27)24-11-3-6-15(21)16(22)7-11/h3,6-10,12,25-26H,1-2,4-5H2,(H,24,27);2*5-9,16-17,25-26H,1-4H2,(H,24,27);3,6-10,12,25-26H,1-2,4-5H2,(H,24,27). The molecule has 4 fully saturated rings. The van der Waals surface area contributed by atoms with Crippen LogP contribution >= 0.6 is 89.9 Å². The largest absolute Gasteiger partial charge is 0.393 e. The summed E-state index contributed by atoms with van der Waals surface area (Å²) in [6.45, 7) is 0. The van der Waals surface area contributed by atoms with Crippen LogP contribution in [0.15, 0.2) is 150 Å². The maximum absolute atomic E-state index is 14.4. The second-order valence-electron chi connectivity index (χ2n) is 27.8. The Kier molecular flexibility index (Phi) is 33.9. The minimum atomic E-state index is -4.38. The number of hydrogen-bond donors (Lipinski definition) is 12. The Balaban J connectivity index is 0.000000182. The van der Waals surface area contributed by atoms with E-state index < -0.39 is 184 Å². The zero-order chi connectivity index (χ0) is 88.2. The maximum Gasteiger partial charge on any atom is 0.257 e. The van der Waals surface area contributed by atoms with E-state index in [2.05, 4.69) is 72.0 Å². The van der Waals surface area contributed by atoms with Crippen LogP contribution in [0.4, 0.5) is 62.3 Å². The van der Waals surface area contributed by atoms with Crippen LogP contribution in [0, 0.1) is 52.4 Å². The lowest BCUT2D eigenvalue weighted by atomic mass is 9.93. The Bertz CT molecular complexity index is 5350. The number of aliphatic hydroxyl groups is 4.